The zero-order valence-electron chi connectivity index (χ0n) is 13.7. The van der Waals surface area contributed by atoms with Crippen LogP contribution in [0.5, 0.6) is 11.5 Å². The fourth-order valence-corrected chi connectivity index (χ4v) is 2.53. The lowest BCUT2D eigenvalue weighted by Gasteiger charge is -2.13. The Balaban J connectivity index is 2.43. The molecule has 5 nitrogen and oxygen atoms in total. The standard InChI is InChI=1S/C19H16ClNO4/c1-12-4-3-5-14(6-12)15(10-21)7-13-8-16(20)19(17(9-13)24-2)25-11-18(22)23/h3-9H,11H2,1-2H3,(H,22,23)/p-1/b15-7-. The van der Waals surface area contributed by atoms with E-state index in [1.165, 1.54) is 7.11 Å². The third-order valence-corrected chi connectivity index (χ3v) is 3.63. The van der Waals surface area contributed by atoms with Gasteiger partial charge in [0.2, 0.25) is 0 Å². The number of aliphatic carboxylic acids is 1. The van der Waals surface area contributed by atoms with E-state index in [0.717, 1.165) is 11.1 Å². The minimum atomic E-state index is -1.37. The van der Waals surface area contributed by atoms with Gasteiger partial charge < -0.3 is 19.4 Å². The van der Waals surface area contributed by atoms with Crippen LogP contribution in [-0.2, 0) is 4.79 Å². The SMILES string of the molecule is COc1cc(/C=C(/C#N)c2cccc(C)c2)cc(Cl)c1OCC(=O)[O-]. The van der Waals surface area contributed by atoms with Gasteiger partial charge in [0.25, 0.3) is 0 Å². The first-order chi connectivity index (χ1) is 11.9. The molecule has 0 heterocycles. The van der Waals surface area contributed by atoms with E-state index in [1.807, 2.05) is 31.2 Å². The van der Waals surface area contributed by atoms with E-state index in [9.17, 15) is 15.2 Å². The first-order valence-corrected chi connectivity index (χ1v) is 7.71. The number of benzene rings is 2. The van der Waals surface area contributed by atoms with Crippen LogP contribution < -0.4 is 14.6 Å². The molecule has 0 aliphatic carbocycles. The summed E-state index contributed by atoms with van der Waals surface area (Å²) in [6.07, 6.45) is 1.67. The van der Waals surface area contributed by atoms with E-state index < -0.39 is 12.6 Å². The van der Waals surface area contributed by atoms with Crippen LogP contribution in [0.25, 0.3) is 11.6 Å². The highest BCUT2D eigenvalue weighted by Gasteiger charge is 2.12. The maximum Gasteiger partial charge on any atom is 0.180 e. The van der Waals surface area contributed by atoms with Crippen molar-refractivity contribution in [2.75, 3.05) is 13.7 Å². The maximum atomic E-state index is 10.6. The average molecular weight is 357 g/mol. The zero-order valence-corrected chi connectivity index (χ0v) is 14.5. The molecule has 0 atom stereocenters. The molecular weight excluding hydrogens is 342 g/mol. The van der Waals surface area contributed by atoms with Gasteiger partial charge in [-0.05, 0) is 36.3 Å². The first-order valence-electron chi connectivity index (χ1n) is 7.33. The fourth-order valence-electron chi connectivity index (χ4n) is 2.25. The number of aryl methyl sites for hydroxylation is 1. The van der Waals surface area contributed by atoms with Gasteiger partial charge in [-0.1, -0.05) is 41.4 Å². The topological polar surface area (TPSA) is 82.4 Å². The summed E-state index contributed by atoms with van der Waals surface area (Å²) < 4.78 is 10.3. The molecule has 2 aromatic carbocycles. The van der Waals surface area contributed by atoms with Crippen molar-refractivity contribution >= 4 is 29.2 Å². The molecule has 0 saturated heterocycles. The molecule has 0 unspecified atom stereocenters. The first kappa shape index (κ1) is 18.4. The lowest BCUT2D eigenvalue weighted by molar-refractivity contribution is -0.307. The molecule has 0 aliphatic heterocycles. The number of hydrogen-bond donors (Lipinski definition) is 0. The summed E-state index contributed by atoms with van der Waals surface area (Å²) >= 11 is 6.16. The summed E-state index contributed by atoms with van der Waals surface area (Å²) in [4.78, 5) is 10.6. The van der Waals surface area contributed by atoms with Crippen molar-refractivity contribution in [1.29, 1.82) is 5.26 Å². The Labute approximate surface area is 150 Å². The quantitative estimate of drug-likeness (QED) is 0.587. The molecule has 0 saturated carbocycles. The minimum absolute atomic E-state index is 0.111. The average Bonchev–Trinajstić information content (AvgIpc) is 2.58. The molecule has 2 rings (SSSR count). The van der Waals surface area contributed by atoms with Crippen LogP contribution in [0.4, 0.5) is 0 Å². The van der Waals surface area contributed by atoms with Gasteiger partial charge in [0, 0.05) is 0 Å². The van der Waals surface area contributed by atoms with Crippen molar-refractivity contribution in [3.63, 3.8) is 0 Å². The van der Waals surface area contributed by atoms with Gasteiger partial charge in [0.1, 0.15) is 6.61 Å². The van der Waals surface area contributed by atoms with Crippen molar-refractivity contribution < 1.29 is 19.4 Å². The van der Waals surface area contributed by atoms with Gasteiger partial charge >= 0.3 is 0 Å². The predicted molar refractivity (Wildman–Crippen MR) is 93.2 cm³/mol. The number of nitrogens with zero attached hydrogens (tertiary/aromatic N) is 1. The number of methoxy groups -OCH3 is 1. The van der Waals surface area contributed by atoms with Crippen LogP contribution in [-0.4, -0.2) is 19.7 Å². The van der Waals surface area contributed by atoms with Crippen LogP contribution in [0.15, 0.2) is 36.4 Å². The minimum Gasteiger partial charge on any atom is -0.546 e. The Bertz CT molecular complexity index is 868. The molecule has 0 amide bonds. The van der Waals surface area contributed by atoms with Crippen LogP contribution in [0.2, 0.25) is 5.02 Å². The summed E-state index contributed by atoms with van der Waals surface area (Å²) in [5.41, 5.74) is 2.92. The molecule has 2 aromatic rings. The Morgan fingerprint density at radius 2 is 2.12 bits per heavy atom. The molecule has 6 heteroatoms. The summed E-state index contributed by atoms with van der Waals surface area (Å²) in [7, 11) is 1.41. The smallest absolute Gasteiger partial charge is 0.180 e. The molecule has 25 heavy (non-hydrogen) atoms. The van der Waals surface area contributed by atoms with Crippen molar-refractivity contribution in [2.45, 2.75) is 6.92 Å². The molecule has 0 bridgehead atoms. The number of allylic oxidation sites excluding steroid dienone is 1. The Hall–Kier alpha value is -2.97. The number of carbonyl (C=O) groups excluding carboxylic acids is 1. The van der Waals surface area contributed by atoms with E-state index in [0.29, 0.717) is 11.1 Å². The van der Waals surface area contributed by atoms with E-state index in [4.69, 9.17) is 21.1 Å². The van der Waals surface area contributed by atoms with E-state index in [1.54, 1.807) is 18.2 Å². The largest absolute Gasteiger partial charge is 0.546 e. The highest BCUT2D eigenvalue weighted by atomic mass is 35.5. The lowest BCUT2D eigenvalue weighted by Crippen LogP contribution is -2.29. The highest BCUT2D eigenvalue weighted by molar-refractivity contribution is 6.32. The van der Waals surface area contributed by atoms with Crippen molar-refractivity contribution in [2.24, 2.45) is 0 Å². The van der Waals surface area contributed by atoms with Gasteiger partial charge in [-0.25, -0.2) is 0 Å². The number of carbonyl (C=O) groups is 1. The second-order valence-corrected chi connectivity index (χ2v) is 5.64. The highest BCUT2D eigenvalue weighted by Crippen LogP contribution is 2.37. The predicted octanol–water partition coefficient (Wildman–Crippen LogP) is 2.85. The van der Waals surface area contributed by atoms with Crippen LogP contribution >= 0.6 is 11.6 Å². The molecule has 0 N–H and O–H groups in total. The summed E-state index contributed by atoms with van der Waals surface area (Å²) in [5.74, 6) is -0.991. The van der Waals surface area contributed by atoms with E-state index in [-0.39, 0.29) is 16.5 Å². The molecule has 128 valence electrons. The number of carboxylic acids is 1. The van der Waals surface area contributed by atoms with Crippen LogP contribution in [0.1, 0.15) is 16.7 Å². The zero-order chi connectivity index (χ0) is 18.4. The lowest BCUT2D eigenvalue weighted by atomic mass is 10.0. The van der Waals surface area contributed by atoms with Crippen LogP contribution in [0.3, 0.4) is 0 Å². The third kappa shape index (κ3) is 4.75. The number of ether oxygens (including phenoxy) is 2. The monoisotopic (exact) mass is 356 g/mol. The Morgan fingerprint density at radius 3 is 2.72 bits per heavy atom. The number of carboxylic acid groups (broad SMARTS) is 1. The van der Waals surface area contributed by atoms with Crippen molar-refractivity contribution in [3.05, 3.63) is 58.1 Å². The maximum absolute atomic E-state index is 10.6. The Kier molecular flexibility index (Phi) is 6.04. The molecule has 0 fully saturated rings. The van der Waals surface area contributed by atoms with Gasteiger partial charge in [-0.2, -0.15) is 5.26 Å². The number of rotatable bonds is 6. The summed E-state index contributed by atoms with van der Waals surface area (Å²) in [6.45, 7) is 1.31. The number of hydrogen-bond acceptors (Lipinski definition) is 5. The van der Waals surface area contributed by atoms with Crippen molar-refractivity contribution in [3.8, 4) is 17.6 Å². The second kappa shape index (κ2) is 8.22. The molecule has 0 spiro atoms. The number of nitriles is 1. The summed E-state index contributed by atoms with van der Waals surface area (Å²) in [6, 6.07) is 12.9. The fraction of sp³-hybridized carbons (Fsp3) is 0.158. The molecule has 0 aromatic heterocycles. The van der Waals surface area contributed by atoms with E-state index in [2.05, 4.69) is 6.07 Å². The van der Waals surface area contributed by atoms with Gasteiger partial charge in [0.05, 0.1) is 29.7 Å². The second-order valence-electron chi connectivity index (χ2n) is 5.23. The molecule has 0 radical (unpaired) electrons. The van der Waals surface area contributed by atoms with Crippen LogP contribution in [0, 0.1) is 18.3 Å². The third-order valence-electron chi connectivity index (χ3n) is 3.35. The molecular formula is C19H15ClNO4-. The summed E-state index contributed by atoms with van der Waals surface area (Å²) in [5, 5.41) is 20.2. The van der Waals surface area contributed by atoms with Gasteiger partial charge in [0.15, 0.2) is 11.5 Å². The Morgan fingerprint density at radius 1 is 1.36 bits per heavy atom. The van der Waals surface area contributed by atoms with Gasteiger partial charge in [-0.3, -0.25) is 0 Å². The molecule has 0 aliphatic rings. The normalized spacial score (nSPS) is 10.9. The van der Waals surface area contributed by atoms with Crippen molar-refractivity contribution in [1.82, 2.24) is 0 Å². The van der Waals surface area contributed by atoms with Gasteiger partial charge in [-0.15, -0.1) is 0 Å². The van der Waals surface area contributed by atoms with E-state index >= 15 is 0 Å². The number of halogens is 1.